The fourth-order valence-electron chi connectivity index (χ4n) is 1.64. The fourth-order valence-corrected chi connectivity index (χ4v) is 2.93. The van der Waals surface area contributed by atoms with Gasteiger partial charge in [-0.15, -0.1) is 0 Å². The molecule has 2 aromatic heterocycles. The van der Waals surface area contributed by atoms with Gasteiger partial charge in [0.05, 0.1) is 16.1 Å². The Morgan fingerprint density at radius 3 is 2.95 bits per heavy atom. The van der Waals surface area contributed by atoms with Gasteiger partial charge < -0.3 is 4.98 Å². The van der Waals surface area contributed by atoms with Crippen LogP contribution in [0.3, 0.4) is 0 Å². The van der Waals surface area contributed by atoms with E-state index in [0.29, 0.717) is 25.6 Å². The molecule has 9 heteroatoms. The van der Waals surface area contributed by atoms with E-state index < -0.39 is 4.92 Å². The molecule has 0 aliphatic carbocycles. The Morgan fingerprint density at radius 1 is 1.30 bits per heavy atom. The number of hydrogen-bond donors (Lipinski definition) is 1. The van der Waals surface area contributed by atoms with Crippen LogP contribution < -0.4 is 0 Å². The molecule has 0 bridgehead atoms. The molecule has 1 aromatic carbocycles. The standard InChI is InChI=1S/C11H6BrN5O2S/c12-6-1-2-8(7(3-6)17(18)19)20-11-9-10(14-4-13-9)15-5-16-11/h1-5H,(H,13,14,15,16). The van der Waals surface area contributed by atoms with E-state index in [0.717, 1.165) is 0 Å². The lowest BCUT2D eigenvalue weighted by Crippen LogP contribution is -1.92. The topological polar surface area (TPSA) is 97.6 Å². The summed E-state index contributed by atoms with van der Waals surface area (Å²) >= 11 is 4.43. The predicted molar refractivity (Wildman–Crippen MR) is 76.6 cm³/mol. The zero-order valence-electron chi connectivity index (χ0n) is 9.78. The first-order valence-electron chi connectivity index (χ1n) is 5.41. The third-order valence-corrected chi connectivity index (χ3v) is 4.07. The fraction of sp³-hybridized carbons (Fsp3) is 0. The summed E-state index contributed by atoms with van der Waals surface area (Å²) in [6.07, 6.45) is 2.90. The van der Waals surface area contributed by atoms with E-state index in [1.54, 1.807) is 12.1 Å². The second-order valence-corrected chi connectivity index (χ2v) is 5.70. The van der Waals surface area contributed by atoms with Gasteiger partial charge in [0.2, 0.25) is 0 Å². The van der Waals surface area contributed by atoms with E-state index in [4.69, 9.17) is 0 Å². The molecule has 0 fully saturated rings. The minimum absolute atomic E-state index is 0.0238. The Bertz CT molecular complexity index is 806. The molecule has 0 amide bonds. The monoisotopic (exact) mass is 351 g/mol. The van der Waals surface area contributed by atoms with Crippen LogP contribution in [0, 0.1) is 10.1 Å². The number of nitrogens with one attached hydrogen (secondary N) is 1. The summed E-state index contributed by atoms with van der Waals surface area (Å²) in [5.41, 5.74) is 1.22. The summed E-state index contributed by atoms with van der Waals surface area (Å²) in [5.74, 6) is 0. The van der Waals surface area contributed by atoms with Crippen molar-refractivity contribution in [3.05, 3.63) is 45.4 Å². The lowest BCUT2D eigenvalue weighted by molar-refractivity contribution is -0.387. The number of nitrogens with zero attached hydrogens (tertiary/aromatic N) is 4. The smallest absolute Gasteiger partial charge is 0.284 e. The summed E-state index contributed by atoms with van der Waals surface area (Å²) in [5, 5.41) is 11.7. The number of nitro groups is 1. The van der Waals surface area contributed by atoms with E-state index in [1.807, 2.05) is 0 Å². The Labute approximate surface area is 125 Å². The first kappa shape index (κ1) is 13.0. The molecule has 0 aliphatic rings. The highest BCUT2D eigenvalue weighted by Crippen LogP contribution is 2.37. The predicted octanol–water partition coefficient (Wildman–Crippen LogP) is 3.17. The van der Waals surface area contributed by atoms with Gasteiger partial charge in [0.1, 0.15) is 16.9 Å². The molecule has 0 radical (unpaired) electrons. The van der Waals surface area contributed by atoms with E-state index in [1.165, 1.54) is 30.5 Å². The number of aromatic amines is 1. The quantitative estimate of drug-likeness (QED) is 0.442. The number of halogens is 1. The van der Waals surface area contributed by atoms with Crippen molar-refractivity contribution in [1.82, 2.24) is 19.9 Å². The van der Waals surface area contributed by atoms with E-state index in [2.05, 4.69) is 35.9 Å². The molecule has 3 aromatic rings. The number of imidazole rings is 1. The SMILES string of the molecule is O=[N+]([O-])c1cc(Br)ccc1Sc1ncnc2nc[nH]c12. The Hall–Kier alpha value is -2.00. The van der Waals surface area contributed by atoms with Gasteiger partial charge in [0.25, 0.3) is 5.69 Å². The minimum Gasteiger partial charge on any atom is -0.341 e. The van der Waals surface area contributed by atoms with Crippen LogP contribution in [0.25, 0.3) is 11.2 Å². The van der Waals surface area contributed by atoms with Gasteiger partial charge in [0.15, 0.2) is 5.65 Å². The van der Waals surface area contributed by atoms with Crippen molar-refractivity contribution < 1.29 is 4.92 Å². The highest BCUT2D eigenvalue weighted by Gasteiger charge is 2.17. The average Bonchev–Trinajstić information content (AvgIpc) is 2.90. The van der Waals surface area contributed by atoms with Crippen LogP contribution in [0.4, 0.5) is 5.69 Å². The van der Waals surface area contributed by atoms with Crippen LogP contribution >= 0.6 is 27.7 Å². The molecule has 0 saturated heterocycles. The zero-order valence-corrected chi connectivity index (χ0v) is 12.2. The first-order chi connectivity index (χ1) is 9.65. The van der Waals surface area contributed by atoms with Gasteiger partial charge in [-0.25, -0.2) is 15.0 Å². The molecule has 100 valence electrons. The molecule has 2 heterocycles. The highest BCUT2D eigenvalue weighted by molar-refractivity contribution is 9.10. The van der Waals surface area contributed by atoms with Crippen LogP contribution in [0.5, 0.6) is 0 Å². The van der Waals surface area contributed by atoms with Crippen LogP contribution in [-0.4, -0.2) is 24.9 Å². The first-order valence-corrected chi connectivity index (χ1v) is 7.02. The molecule has 0 atom stereocenters. The van der Waals surface area contributed by atoms with Crippen molar-refractivity contribution in [1.29, 1.82) is 0 Å². The van der Waals surface area contributed by atoms with Gasteiger partial charge in [-0.05, 0) is 12.1 Å². The number of nitro benzene ring substituents is 1. The molecular weight excluding hydrogens is 346 g/mol. The summed E-state index contributed by atoms with van der Waals surface area (Å²) in [7, 11) is 0. The second-order valence-electron chi connectivity index (χ2n) is 3.75. The van der Waals surface area contributed by atoms with Crippen LogP contribution in [-0.2, 0) is 0 Å². The molecule has 0 unspecified atom stereocenters. The Morgan fingerprint density at radius 2 is 2.15 bits per heavy atom. The maximum absolute atomic E-state index is 11.1. The number of benzene rings is 1. The van der Waals surface area contributed by atoms with E-state index in [-0.39, 0.29) is 5.69 Å². The molecule has 0 aliphatic heterocycles. The van der Waals surface area contributed by atoms with Gasteiger partial charge in [-0.1, -0.05) is 27.7 Å². The molecule has 7 nitrogen and oxygen atoms in total. The summed E-state index contributed by atoms with van der Waals surface area (Å²) in [6.45, 7) is 0. The number of aromatic nitrogens is 4. The summed E-state index contributed by atoms with van der Waals surface area (Å²) < 4.78 is 0.655. The highest BCUT2D eigenvalue weighted by atomic mass is 79.9. The van der Waals surface area contributed by atoms with Crippen LogP contribution in [0.2, 0.25) is 0 Å². The molecule has 0 spiro atoms. The average molecular weight is 352 g/mol. The molecule has 1 N–H and O–H groups in total. The number of H-pyrrole nitrogens is 1. The second kappa shape index (κ2) is 5.17. The lowest BCUT2D eigenvalue weighted by Gasteiger charge is -2.03. The van der Waals surface area contributed by atoms with Crippen molar-refractivity contribution in [3.63, 3.8) is 0 Å². The van der Waals surface area contributed by atoms with Crippen molar-refractivity contribution in [2.75, 3.05) is 0 Å². The third kappa shape index (κ3) is 2.37. The maximum atomic E-state index is 11.1. The van der Waals surface area contributed by atoms with Gasteiger partial charge in [-0.3, -0.25) is 10.1 Å². The van der Waals surface area contributed by atoms with Gasteiger partial charge in [-0.2, -0.15) is 0 Å². The van der Waals surface area contributed by atoms with E-state index >= 15 is 0 Å². The summed E-state index contributed by atoms with van der Waals surface area (Å²) in [4.78, 5) is 26.3. The summed E-state index contributed by atoms with van der Waals surface area (Å²) in [6, 6.07) is 4.89. The maximum Gasteiger partial charge on any atom is 0.284 e. The Balaban J connectivity index is 2.07. The third-order valence-electron chi connectivity index (χ3n) is 2.51. The van der Waals surface area contributed by atoms with Gasteiger partial charge in [0, 0.05) is 10.5 Å². The number of rotatable bonds is 3. The molecule has 0 saturated carbocycles. The largest absolute Gasteiger partial charge is 0.341 e. The van der Waals surface area contributed by atoms with E-state index in [9.17, 15) is 10.1 Å². The number of hydrogen-bond acceptors (Lipinski definition) is 6. The van der Waals surface area contributed by atoms with Crippen molar-refractivity contribution in [2.24, 2.45) is 0 Å². The minimum atomic E-state index is -0.418. The zero-order chi connectivity index (χ0) is 14.1. The van der Waals surface area contributed by atoms with Crippen LogP contribution in [0.1, 0.15) is 0 Å². The van der Waals surface area contributed by atoms with Crippen molar-refractivity contribution in [2.45, 2.75) is 9.92 Å². The van der Waals surface area contributed by atoms with Crippen molar-refractivity contribution in [3.8, 4) is 0 Å². The van der Waals surface area contributed by atoms with Crippen LogP contribution in [0.15, 0.2) is 45.2 Å². The van der Waals surface area contributed by atoms with Crippen molar-refractivity contribution >= 4 is 44.5 Å². The Kier molecular flexibility index (Phi) is 3.36. The van der Waals surface area contributed by atoms with Gasteiger partial charge >= 0.3 is 0 Å². The lowest BCUT2D eigenvalue weighted by atomic mass is 10.3. The normalized spacial score (nSPS) is 10.8. The molecule has 3 rings (SSSR count). The molecular formula is C11H6BrN5O2S. The number of fused-ring (bicyclic) bond motifs is 1. The molecule has 20 heavy (non-hydrogen) atoms.